The first-order chi connectivity index (χ1) is 7.88. The third-order valence-corrected chi connectivity index (χ3v) is 2.57. The summed E-state index contributed by atoms with van der Waals surface area (Å²) in [6.45, 7) is 8.32. The van der Waals surface area contributed by atoms with Crippen molar-refractivity contribution in [3.63, 3.8) is 0 Å². The van der Waals surface area contributed by atoms with Crippen LogP contribution in [0.4, 0.5) is 0 Å². The molecule has 1 amide bonds. The highest BCUT2D eigenvalue weighted by Crippen LogP contribution is 2.08. The molecule has 17 heavy (non-hydrogen) atoms. The molecule has 0 radical (unpaired) electrons. The van der Waals surface area contributed by atoms with Crippen molar-refractivity contribution in [3.05, 3.63) is 0 Å². The van der Waals surface area contributed by atoms with E-state index in [0.29, 0.717) is 18.9 Å². The predicted molar refractivity (Wildman–Crippen MR) is 69.8 cm³/mol. The van der Waals surface area contributed by atoms with E-state index in [1.54, 1.807) is 0 Å². The number of carbonyl (C=O) groups is 1. The molecule has 5 heteroatoms. The van der Waals surface area contributed by atoms with Gasteiger partial charge in [-0.1, -0.05) is 0 Å². The van der Waals surface area contributed by atoms with Crippen LogP contribution in [-0.4, -0.2) is 41.9 Å². The van der Waals surface area contributed by atoms with Crippen LogP contribution in [0.1, 0.15) is 40.0 Å². The van der Waals surface area contributed by atoms with Crippen molar-refractivity contribution < 1.29 is 4.79 Å². The highest BCUT2D eigenvalue weighted by atomic mass is 16.2. The molecule has 0 saturated carbocycles. The molecule has 98 valence electrons. The van der Waals surface area contributed by atoms with Crippen molar-refractivity contribution in [2.24, 2.45) is 10.7 Å². The first kappa shape index (κ1) is 13.8. The molecule has 0 unspecified atom stereocenters. The molecule has 1 heterocycles. The van der Waals surface area contributed by atoms with Gasteiger partial charge in [-0.3, -0.25) is 9.79 Å². The Morgan fingerprint density at radius 2 is 1.94 bits per heavy atom. The van der Waals surface area contributed by atoms with Crippen LogP contribution in [-0.2, 0) is 4.79 Å². The summed E-state index contributed by atoms with van der Waals surface area (Å²) in [5.74, 6) is 0.599. The Morgan fingerprint density at radius 3 is 2.47 bits per heavy atom. The van der Waals surface area contributed by atoms with E-state index in [9.17, 15) is 4.79 Å². The second kappa shape index (κ2) is 5.89. The lowest BCUT2D eigenvalue weighted by Crippen LogP contribution is -2.45. The van der Waals surface area contributed by atoms with Gasteiger partial charge >= 0.3 is 0 Å². The maximum Gasteiger partial charge on any atom is 0.224 e. The molecule has 1 fully saturated rings. The average Bonchev–Trinajstić information content (AvgIpc) is 2.66. The summed E-state index contributed by atoms with van der Waals surface area (Å²) < 4.78 is 0. The smallest absolute Gasteiger partial charge is 0.224 e. The molecule has 0 atom stereocenters. The second-order valence-corrected chi connectivity index (χ2v) is 5.48. The Balaban J connectivity index is 2.26. The zero-order valence-corrected chi connectivity index (χ0v) is 11.1. The number of nitrogens with zero attached hydrogens (tertiary/aromatic N) is 2. The summed E-state index contributed by atoms with van der Waals surface area (Å²) in [5, 5.41) is 3.07. The summed E-state index contributed by atoms with van der Waals surface area (Å²) in [7, 11) is 0. The number of hydrogen-bond acceptors (Lipinski definition) is 2. The third kappa shape index (κ3) is 5.56. The molecule has 0 aromatic carbocycles. The van der Waals surface area contributed by atoms with E-state index >= 15 is 0 Å². The Hall–Kier alpha value is -1.26. The molecule has 1 saturated heterocycles. The Labute approximate surface area is 103 Å². The van der Waals surface area contributed by atoms with Crippen LogP contribution in [0.5, 0.6) is 0 Å². The summed E-state index contributed by atoms with van der Waals surface area (Å²) in [5.41, 5.74) is 5.62. The predicted octanol–water partition coefficient (Wildman–Crippen LogP) is 0.702. The van der Waals surface area contributed by atoms with Gasteiger partial charge < -0.3 is 16.0 Å². The number of rotatable bonds is 3. The van der Waals surface area contributed by atoms with Gasteiger partial charge in [0.25, 0.3) is 0 Å². The van der Waals surface area contributed by atoms with Gasteiger partial charge in [0.1, 0.15) is 0 Å². The van der Waals surface area contributed by atoms with Crippen molar-refractivity contribution in [1.29, 1.82) is 0 Å². The van der Waals surface area contributed by atoms with Crippen LogP contribution in [0.2, 0.25) is 0 Å². The van der Waals surface area contributed by atoms with E-state index in [4.69, 9.17) is 5.73 Å². The average molecular weight is 240 g/mol. The van der Waals surface area contributed by atoms with Gasteiger partial charge in [0, 0.05) is 25.0 Å². The van der Waals surface area contributed by atoms with Crippen molar-refractivity contribution in [3.8, 4) is 0 Å². The highest BCUT2D eigenvalue weighted by molar-refractivity contribution is 5.80. The molecule has 0 aliphatic carbocycles. The SMILES string of the molecule is CC(C)(C)NC(N)=NCCC(=O)N1CCCC1. The molecule has 3 N–H and O–H groups in total. The molecule has 0 spiro atoms. The fourth-order valence-electron chi connectivity index (χ4n) is 1.82. The van der Waals surface area contributed by atoms with Crippen LogP contribution >= 0.6 is 0 Å². The molecule has 5 nitrogen and oxygen atoms in total. The van der Waals surface area contributed by atoms with E-state index < -0.39 is 0 Å². The fourth-order valence-corrected chi connectivity index (χ4v) is 1.82. The van der Waals surface area contributed by atoms with Gasteiger partial charge in [0.05, 0.1) is 6.54 Å². The number of aliphatic imine (C=N–C) groups is 1. The first-order valence-corrected chi connectivity index (χ1v) is 6.24. The number of guanidine groups is 1. The van der Waals surface area contributed by atoms with Crippen LogP contribution in [0.25, 0.3) is 0 Å². The van der Waals surface area contributed by atoms with Crippen molar-refractivity contribution in [2.45, 2.75) is 45.6 Å². The number of carbonyl (C=O) groups excluding carboxylic acids is 1. The fraction of sp³-hybridized carbons (Fsp3) is 0.833. The molecule has 0 bridgehead atoms. The Kier molecular flexibility index (Phi) is 4.78. The van der Waals surface area contributed by atoms with E-state index in [0.717, 1.165) is 25.9 Å². The minimum Gasteiger partial charge on any atom is -0.370 e. The van der Waals surface area contributed by atoms with Crippen molar-refractivity contribution >= 4 is 11.9 Å². The van der Waals surface area contributed by atoms with Crippen molar-refractivity contribution in [1.82, 2.24) is 10.2 Å². The maximum atomic E-state index is 11.7. The van der Waals surface area contributed by atoms with E-state index in [1.165, 1.54) is 0 Å². The van der Waals surface area contributed by atoms with E-state index in [-0.39, 0.29) is 11.4 Å². The monoisotopic (exact) mass is 240 g/mol. The van der Waals surface area contributed by atoms with Gasteiger partial charge in [-0.2, -0.15) is 0 Å². The first-order valence-electron chi connectivity index (χ1n) is 6.24. The molecule has 0 aromatic rings. The molecule has 1 rings (SSSR count). The summed E-state index contributed by atoms with van der Waals surface area (Å²) >= 11 is 0. The van der Waals surface area contributed by atoms with Crippen LogP contribution < -0.4 is 11.1 Å². The lowest BCUT2D eigenvalue weighted by atomic mass is 10.1. The zero-order valence-electron chi connectivity index (χ0n) is 11.1. The minimum atomic E-state index is -0.0907. The highest BCUT2D eigenvalue weighted by Gasteiger charge is 2.17. The van der Waals surface area contributed by atoms with Crippen LogP contribution in [0, 0.1) is 0 Å². The number of nitrogens with two attached hydrogens (primary N) is 1. The standard InChI is InChI=1S/C12H24N4O/c1-12(2,3)15-11(13)14-7-6-10(17)16-8-4-5-9-16/h4-9H2,1-3H3,(H3,13,14,15). The van der Waals surface area contributed by atoms with Gasteiger partial charge in [0.15, 0.2) is 5.96 Å². The number of amides is 1. The molecular weight excluding hydrogens is 216 g/mol. The second-order valence-electron chi connectivity index (χ2n) is 5.48. The van der Waals surface area contributed by atoms with Gasteiger partial charge in [-0.15, -0.1) is 0 Å². The summed E-state index contributed by atoms with van der Waals surface area (Å²) in [6, 6.07) is 0. The quantitative estimate of drug-likeness (QED) is 0.563. The lowest BCUT2D eigenvalue weighted by Gasteiger charge is -2.21. The van der Waals surface area contributed by atoms with Gasteiger partial charge in [0.2, 0.25) is 5.91 Å². The third-order valence-electron chi connectivity index (χ3n) is 2.57. The molecule has 1 aliphatic heterocycles. The summed E-state index contributed by atoms with van der Waals surface area (Å²) in [6.07, 6.45) is 2.71. The number of likely N-dealkylation sites (tertiary alicyclic amines) is 1. The van der Waals surface area contributed by atoms with E-state index in [2.05, 4.69) is 10.3 Å². The Morgan fingerprint density at radius 1 is 1.35 bits per heavy atom. The minimum absolute atomic E-state index is 0.0907. The zero-order chi connectivity index (χ0) is 12.9. The van der Waals surface area contributed by atoms with Crippen molar-refractivity contribution in [2.75, 3.05) is 19.6 Å². The molecule has 1 aliphatic rings. The van der Waals surface area contributed by atoms with Crippen LogP contribution in [0.15, 0.2) is 4.99 Å². The van der Waals surface area contributed by atoms with Gasteiger partial charge in [-0.05, 0) is 33.6 Å². The van der Waals surface area contributed by atoms with Crippen LogP contribution in [0.3, 0.4) is 0 Å². The topological polar surface area (TPSA) is 70.7 Å². The lowest BCUT2D eigenvalue weighted by molar-refractivity contribution is -0.129. The number of nitrogens with one attached hydrogen (secondary N) is 1. The Bertz CT molecular complexity index is 287. The number of hydrogen-bond donors (Lipinski definition) is 2. The van der Waals surface area contributed by atoms with E-state index in [1.807, 2.05) is 25.7 Å². The normalized spacial score (nSPS) is 17.4. The largest absolute Gasteiger partial charge is 0.370 e. The molecule has 0 aromatic heterocycles. The van der Waals surface area contributed by atoms with Gasteiger partial charge in [-0.25, -0.2) is 0 Å². The molecular formula is C12H24N4O. The maximum absolute atomic E-state index is 11.7. The summed E-state index contributed by atoms with van der Waals surface area (Å²) in [4.78, 5) is 17.8.